The van der Waals surface area contributed by atoms with Gasteiger partial charge in [-0.15, -0.1) is 10.7 Å². The molecule has 0 radical (unpaired) electrons. The largest absolute Gasteiger partial charge is 1.00 e. The number of hydrogen-bond donors (Lipinski definition) is 0. The van der Waals surface area contributed by atoms with E-state index in [1.807, 2.05) is 36.7 Å². The fourth-order valence-electron chi connectivity index (χ4n) is 4.05. The molecule has 5 rings (SSSR count). The fraction of sp³-hybridized carbons (Fsp3) is 0.115. The molecule has 2 aromatic carbocycles. The van der Waals surface area contributed by atoms with Crippen LogP contribution in [0.15, 0.2) is 79.8 Å². The molecule has 0 bridgehead atoms. The molecule has 5 aromatic rings. The van der Waals surface area contributed by atoms with Crippen LogP contribution in [0.1, 0.15) is 27.9 Å². The van der Waals surface area contributed by atoms with E-state index in [4.69, 9.17) is 0 Å². The molecule has 0 atom stereocenters. The Kier molecular flexibility index (Phi) is 7.19. The Balaban J connectivity index is 0.00000245. The number of hydrogen-bond acceptors (Lipinski definition) is 3. The minimum absolute atomic E-state index is 0. The molecule has 0 amide bonds. The Morgan fingerprint density at radius 3 is 2.66 bits per heavy atom. The minimum Gasteiger partial charge on any atom is -0.342 e. The third-order valence-corrected chi connectivity index (χ3v) is 5.63. The molecular formula is C26H22CsN5. The van der Waals surface area contributed by atoms with E-state index in [-0.39, 0.29) is 68.9 Å². The standard InChI is InChI=1S/C26H22N5.Cs/c1-18-11-12-24-23(14-18)26(20(3)30(24)16-21-8-5-4-6-9-21)19(2)22-15-28-31(17-22)25-10-7-13-27-29-25;/h5-15,17H,2,16H2,1,3H3;/q-1;+1. The SMILES string of the molecule is C=C(c1cnn(-c2cccnn2)c1)c1c(C)n(Cc2cc[c-]cc2)c2ccc(C)cc12.[Cs+]. The summed E-state index contributed by atoms with van der Waals surface area (Å²) in [4.78, 5) is 0. The number of rotatable bonds is 5. The van der Waals surface area contributed by atoms with Crippen LogP contribution in [0.2, 0.25) is 0 Å². The fourth-order valence-corrected chi connectivity index (χ4v) is 4.05. The van der Waals surface area contributed by atoms with E-state index in [1.165, 1.54) is 27.7 Å². The average molecular weight is 537 g/mol. The molecule has 0 saturated heterocycles. The van der Waals surface area contributed by atoms with Crippen LogP contribution in [-0.2, 0) is 6.54 Å². The van der Waals surface area contributed by atoms with Gasteiger partial charge in [-0.1, -0.05) is 18.2 Å². The molecule has 3 heterocycles. The molecule has 5 nitrogen and oxygen atoms in total. The van der Waals surface area contributed by atoms with Gasteiger partial charge in [0.1, 0.15) is 0 Å². The maximum absolute atomic E-state index is 4.48. The molecular weight excluding hydrogens is 515 g/mol. The second-order valence-corrected chi connectivity index (χ2v) is 7.71. The minimum atomic E-state index is 0. The van der Waals surface area contributed by atoms with Crippen molar-refractivity contribution in [2.24, 2.45) is 0 Å². The van der Waals surface area contributed by atoms with Gasteiger partial charge in [0.15, 0.2) is 5.82 Å². The van der Waals surface area contributed by atoms with Crippen molar-refractivity contribution in [3.8, 4) is 5.82 Å². The Labute approximate surface area is 246 Å². The van der Waals surface area contributed by atoms with Crippen molar-refractivity contribution in [3.63, 3.8) is 0 Å². The first-order chi connectivity index (χ1) is 15.1. The van der Waals surface area contributed by atoms with Gasteiger partial charge in [0.25, 0.3) is 0 Å². The zero-order valence-electron chi connectivity index (χ0n) is 18.6. The van der Waals surface area contributed by atoms with Gasteiger partial charge in [-0.2, -0.15) is 40.5 Å². The predicted molar refractivity (Wildman–Crippen MR) is 123 cm³/mol. The molecule has 3 aromatic heterocycles. The van der Waals surface area contributed by atoms with E-state index in [0.29, 0.717) is 5.82 Å². The number of fused-ring (bicyclic) bond motifs is 1. The van der Waals surface area contributed by atoms with Crippen LogP contribution in [0.5, 0.6) is 0 Å². The molecule has 0 saturated carbocycles. The Morgan fingerprint density at radius 1 is 1.09 bits per heavy atom. The van der Waals surface area contributed by atoms with Crippen molar-refractivity contribution in [1.29, 1.82) is 0 Å². The number of aromatic nitrogens is 5. The Bertz CT molecular complexity index is 1380. The second kappa shape index (κ2) is 9.91. The van der Waals surface area contributed by atoms with Gasteiger partial charge in [0.2, 0.25) is 0 Å². The summed E-state index contributed by atoms with van der Waals surface area (Å²) < 4.78 is 4.09. The molecule has 152 valence electrons. The van der Waals surface area contributed by atoms with Gasteiger partial charge < -0.3 is 4.57 Å². The van der Waals surface area contributed by atoms with Crippen LogP contribution in [0, 0.1) is 19.9 Å². The summed E-state index contributed by atoms with van der Waals surface area (Å²) in [5.41, 5.74) is 7.92. The van der Waals surface area contributed by atoms with Crippen molar-refractivity contribution >= 4 is 16.5 Å². The van der Waals surface area contributed by atoms with E-state index in [1.54, 1.807) is 10.9 Å². The van der Waals surface area contributed by atoms with Crippen molar-refractivity contribution in [2.75, 3.05) is 0 Å². The molecule has 32 heavy (non-hydrogen) atoms. The van der Waals surface area contributed by atoms with Gasteiger partial charge in [-0.25, -0.2) is 4.68 Å². The third kappa shape index (κ3) is 4.44. The quantitative estimate of drug-likeness (QED) is 0.323. The first-order valence-electron chi connectivity index (χ1n) is 10.2. The molecule has 0 unspecified atom stereocenters. The topological polar surface area (TPSA) is 48.5 Å². The van der Waals surface area contributed by atoms with Gasteiger partial charge in [-0.3, -0.25) is 0 Å². The number of aryl methyl sites for hydroxylation is 1. The summed E-state index contributed by atoms with van der Waals surface area (Å²) in [6.45, 7) is 9.54. The van der Waals surface area contributed by atoms with E-state index in [2.05, 4.69) is 76.7 Å². The predicted octanol–water partition coefficient (Wildman–Crippen LogP) is 2.15. The average Bonchev–Trinajstić information content (AvgIpc) is 3.39. The number of nitrogens with zero attached hydrogens (tertiary/aromatic N) is 5. The Morgan fingerprint density at radius 2 is 1.91 bits per heavy atom. The molecule has 0 aliphatic carbocycles. The summed E-state index contributed by atoms with van der Waals surface area (Å²) in [5, 5.41) is 13.8. The number of benzene rings is 2. The van der Waals surface area contributed by atoms with Gasteiger partial charge in [0, 0.05) is 46.7 Å². The molecule has 0 spiro atoms. The third-order valence-electron chi connectivity index (χ3n) is 5.63. The van der Waals surface area contributed by atoms with Gasteiger partial charge in [-0.05, 0) is 43.7 Å². The van der Waals surface area contributed by atoms with Crippen LogP contribution in [0.3, 0.4) is 0 Å². The van der Waals surface area contributed by atoms with Crippen LogP contribution < -0.4 is 68.9 Å². The van der Waals surface area contributed by atoms with Crippen LogP contribution >= 0.6 is 0 Å². The summed E-state index contributed by atoms with van der Waals surface area (Å²) in [5.74, 6) is 0.678. The first kappa shape index (κ1) is 23.2. The zero-order chi connectivity index (χ0) is 21.4. The maximum atomic E-state index is 4.48. The first-order valence-corrected chi connectivity index (χ1v) is 10.2. The summed E-state index contributed by atoms with van der Waals surface area (Å²) in [6, 6.07) is 21.6. The second-order valence-electron chi connectivity index (χ2n) is 7.71. The molecule has 0 aliphatic rings. The van der Waals surface area contributed by atoms with E-state index in [9.17, 15) is 0 Å². The van der Waals surface area contributed by atoms with Crippen molar-refractivity contribution in [1.82, 2.24) is 24.5 Å². The smallest absolute Gasteiger partial charge is 0.342 e. The normalized spacial score (nSPS) is 10.8. The summed E-state index contributed by atoms with van der Waals surface area (Å²) in [7, 11) is 0. The molecule has 0 fully saturated rings. The van der Waals surface area contributed by atoms with Crippen LogP contribution in [0.4, 0.5) is 0 Å². The molecule has 6 heteroatoms. The zero-order valence-corrected chi connectivity index (χ0v) is 24.9. The Hall–Kier alpha value is -1.94. The molecule has 0 aliphatic heterocycles. The van der Waals surface area contributed by atoms with Gasteiger partial charge >= 0.3 is 68.9 Å². The summed E-state index contributed by atoms with van der Waals surface area (Å²) in [6.07, 6.45) is 5.44. The van der Waals surface area contributed by atoms with Crippen molar-refractivity contribution in [3.05, 3.63) is 114 Å². The van der Waals surface area contributed by atoms with Crippen LogP contribution in [-0.4, -0.2) is 24.5 Å². The van der Waals surface area contributed by atoms with Crippen molar-refractivity contribution < 1.29 is 68.9 Å². The van der Waals surface area contributed by atoms with E-state index >= 15 is 0 Å². The monoisotopic (exact) mass is 537 g/mol. The maximum Gasteiger partial charge on any atom is 1.00 e. The van der Waals surface area contributed by atoms with E-state index in [0.717, 1.165) is 23.2 Å². The van der Waals surface area contributed by atoms with E-state index < -0.39 is 0 Å². The summed E-state index contributed by atoms with van der Waals surface area (Å²) >= 11 is 0. The van der Waals surface area contributed by atoms with Gasteiger partial charge in [0.05, 0.1) is 6.20 Å². The van der Waals surface area contributed by atoms with Crippen LogP contribution in [0.25, 0.3) is 22.3 Å². The molecule has 0 N–H and O–H groups in total. The van der Waals surface area contributed by atoms with Crippen molar-refractivity contribution in [2.45, 2.75) is 20.4 Å².